The molecule has 0 radical (unpaired) electrons. The highest BCUT2D eigenvalue weighted by Gasteiger charge is 2.49. The van der Waals surface area contributed by atoms with Crippen LogP contribution in [0.5, 0.6) is 0 Å². The van der Waals surface area contributed by atoms with E-state index >= 15 is 0 Å². The molecule has 2 heteroatoms. The molecule has 0 aromatic rings. The first-order chi connectivity index (χ1) is 8.57. The first-order valence-corrected chi connectivity index (χ1v) is 7.86. The molecule has 0 aromatic carbocycles. The van der Waals surface area contributed by atoms with Gasteiger partial charge in [0, 0.05) is 24.6 Å². The molecule has 0 spiro atoms. The number of hydrogen-bond donors (Lipinski definition) is 1. The Hall–Kier alpha value is -0.0800. The third-order valence-electron chi connectivity index (χ3n) is 5.44. The SMILES string of the molecule is CCCC1CCC(NC2CC(OC)C2(C)C)CC1. The molecule has 2 nitrogen and oxygen atoms in total. The van der Waals surface area contributed by atoms with Gasteiger partial charge in [0.05, 0.1) is 6.10 Å². The van der Waals surface area contributed by atoms with Crippen molar-refractivity contribution in [2.45, 2.75) is 83.9 Å². The van der Waals surface area contributed by atoms with Crippen molar-refractivity contribution in [3.63, 3.8) is 0 Å². The molecular weight excluding hydrogens is 222 g/mol. The lowest BCUT2D eigenvalue weighted by atomic mass is 9.64. The van der Waals surface area contributed by atoms with Crippen molar-refractivity contribution in [3.8, 4) is 0 Å². The van der Waals surface area contributed by atoms with Crippen molar-refractivity contribution in [2.75, 3.05) is 7.11 Å². The van der Waals surface area contributed by atoms with Crippen LogP contribution in [0.25, 0.3) is 0 Å². The molecule has 2 saturated carbocycles. The molecule has 106 valence electrons. The highest BCUT2D eigenvalue weighted by molar-refractivity contribution is 5.03. The van der Waals surface area contributed by atoms with Crippen LogP contribution < -0.4 is 5.32 Å². The van der Waals surface area contributed by atoms with Crippen LogP contribution in [-0.4, -0.2) is 25.3 Å². The van der Waals surface area contributed by atoms with E-state index in [9.17, 15) is 0 Å². The van der Waals surface area contributed by atoms with Crippen molar-refractivity contribution >= 4 is 0 Å². The number of rotatable bonds is 5. The van der Waals surface area contributed by atoms with Crippen LogP contribution in [0.15, 0.2) is 0 Å². The third-order valence-corrected chi connectivity index (χ3v) is 5.44. The number of methoxy groups -OCH3 is 1. The maximum Gasteiger partial charge on any atom is 0.0652 e. The van der Waals surface area contributed by atoms with Crippen LogP contribution >= 0.6 is 0 Å². The van der Waals surface area contributed by atoms with E-state index in [1.165, 1.54) is 44.9 Å². The lowest BCUT2D eigenvalue weighted by molar-refractivity contribution is -0.101. The van der Waals surface area contributed by atoms with Gasteiger partial charge in [0.2, 0.25) is 0 Å². The van der Waals surface area contributed by atoms with Gasteiger partial charge < -0.3 is 10.1 Å². The van der Waals surface area contributed by atoms with Crippen molar-refractivity contribution in [1.82, 2.24) is 5.32 Å². The molecule has 2 aliphatic carbocycles. The van der Waals surface area contributed by atoms with Gasteiger partial charge in [0.15, 0.2) is 0 Å². The summed E-state index contributed by atoms with van der Waals surface area (Å²) in [4.78, 5) is 0. The van der Waals surface area contributed by atoms with E-state index in [-0.39, 0.29) is 0 Å². The molecule has 0 bridgehead atoms. The van der Waals surface area contributed by atoms with Gasteiger partial charge in [-0.3, -0.25) is 0 Å². The standard InChI is InChI=1S/C16H31NO/c1-5-6-12-7-9-13(10-8-12)17-14-11-15(18-4)16(14,2)3/h12-15,17H,5-11H2,1-4H3. The highest BCUT2D eigenvalue weighted by Crippen LogP contribution is 2.43. The normalized spacial score (nSPS) is 39.3. The Morgan fingerprint density at radius 1 is 1.17 bits per heavy atom. The van der Waals surface area contributed by atoms with E-state index in [2.05, 4.69) is 26.1 Å². The Labute approximate surface area is 113 Å². The fourth-order valence-electron chi connectivity index (χ4n) is 3.88. The molecule has 2 rings (SSSR count). The minimum atomic E-state index is 0.315. The fourth-order valence-corrected chi connectivity index (χ4v) is 3.88. The number of ether oxygens (including phenoxy) is 1. The van der Waals surface area contributed by atoms with E-state index < -0.39 is 0 Å². The fraction of sp³-hybridized carbons (Fsp3) is 1.00. The first kappa shape index (κ1) is 14.3. The molecule has 2 unspecified atom stereocenters. The molecule has 2 atom stereocenters. The molecule has 18 heavy (non-hydrogen) atoms. The predicted octanol–water partition coefficient (Wildman–Crippen LogP) is 3.75. The van der Waals surface area contributed by atoms with Crippen LogP contribution in [0.1, 0.15) is 65.7 Å². The third kappa shape index (κ3) is 2.91. The summed E-state index contributed by atoms with van der Waals surface area (Å²) >= 11 is 0. The minimum Gasteiger partial charge on any atom is -0.381 e. The van der Waals surface area contributed by atoms with Gasteiger partial charge in [-0.25, -0.2) is 0 Å². The van der Waals surface area contributed by atoms with Gasteiger partial charge in [-0.05, 0) is 38.0 Å². The summed E-state index contributed by atoms with van der Waals surface area (Å²) in [5.41, 5.74) is 0.315. The summed E-state index contributed by atoms with van der Waals surface area (Å²) < 4.78 is 5.53. The van der Waals surface area contributed by atoms with Crippen LogP contribution in [0.3, 0.4) is 0 Å². The average molecular weight is 253 g/mol. The van der Waals surface area contributed by atoms with Gasteiger partial charge in [-0.2, -0.15) is 0 Å². The second kappa shape index (κ2) is 5.92. The van der Waals surface area contributed by atoms with Crippen molar-refractivity contribution in [3.05, 3.63) is 0 Å². The van der Waals surface area contributed by atoms with Crippen molar-refractivity contribution in [1.29, 1.82) is 0 Å². The average Bonchev–Trinajstić information content (AvgIpc) is 2.36. The highest BCUT2D eigenvalue weighted by atomic mass is 16.5. The van der Waals surface area contributed by atoms with E-state index in [0.717, 1.165) is 12.0 Å². The Bertz CT molecular complexity index is 256. The summed E-state index contributed by atoms with van der Waals surface area (Å²) in [5, 5.41) is 3.89. The van der Waals surface area contributed by atoms with Crippen LogP contribution in [0, 0.1) is 11.3 Å². The molecule has 0 amide bonds. The maximum atomic E-state index is 5.53. The zero-order chi connectivity index (χ0) is 13.2. The van der Waals surface area contributed by atoms with E-state index in [1.807, 2.05) is 7.11 Å². The zero-order valence-electron chi connectivity index (χ0n) is 12.7. The van der Waals surface area contributed by atoms with E-state index in [1.54, 1.807) is 0 Å². The quantitative estimate of drug-likeness (QED) is 0.805. The second-order valence-corrected chi connectivity index (χ2v) is 7.01. The van der Waals surface area contributed by atoms with Gasteiger partial charge in [0.25, 0.3) is 0 Å². The molecule has 0 saturated heterocycles. The Morgan fingerprint density at radius 3 is 2.33 bits per heavy atom. The summed E-state index contributed by atoms with van der Waals surface area (Å²) in [7, 11) is 1.85. The van der Waals surface area contributed by atoms with Crippen molar-refractivity contribution in [2.24, 2.45) is 11.3 Å². The lowest BCUT2D eigenvalue weighted by Crippen LogP contribution is -2.62. The molecule has 0 aromatic heterocycles. The molecule has 2 aliphatic rings. The predicted molar refractivity (Wildman–Crippen MR) is 76.8 cm³/mol. The maximum absolute atomic E-state index is 5.53. The largest absolute Gasteiger partial charge is 0.381 e. The van der Waals surface area contributed by atoms with Gasteiger partial charge in [0.1, 0.15) is 0 Å². The summed E-state index contributed by atoms with van der Waals surface area (Å²) in [6.45, 7) is 6.99. The smallest absolute Gasteiger partial charge is 0.0652 e. The minimum absolute atomic E-state index is 0.315. The Balaban J connectivity index is 1.73. The van der Waals surface area contributed by atoms with Gasteiger partial charge in [-0.15, -0.1) is 0 Å². The monoisotopic (exact) mass is 253 g/mol. The second-order valence-electron chi connectivity index (χ2n) is 7.01. The van der Waals surface area contributed by atoms with Crippen LogP contribution in [0.4, 0.5) is 0 Å². The van der Waals surface area contributed by atoms with Crippen LogP contribution in [-0.2, 0) is 4.74 Å². The summed E-state index contributed by atoms with van der Waals surface area (Å²) in [5.74, 6) is 1.01. The van der Waals surface area contributed by atoms with E-state index in [0.29, 0.717) is 17.6 Å². The molecule has 2 fully saturated rings. The Morgan fingerprint density at radius 2 is 1.83 bits per heavy atom. The topological polar surface area (TPSA) is 21.3 Å². The lowest BCUT2D eigenvalue weighted by Gasteiger charge is -2.53. The van der Waals surface area contributed by atoms with Gasteiger partial charge >= 0.3 is 0 Å². The van der Waals surface area contributed by atoms with E-state index in [4.69, 9.17) is 4.74 Å². The van der Waals surface area contributed by atoms with Crippen LogP contribution in [0.2, 0.25) is 0 Å². The number of nitrogens with one attached hydrogen (secondary N) is 1. The molecule has 0 heterocycles. The molecular formula is C16H31NO. The summed E-state index contributed by atoms with van der Waals surface area (Å²) in [6, 6.07) is 1.43. The van der Waals surface area contributed by atoms with Crippen molar-refractivity contribution < 1.29 is 4.74 Å². The molecule has 1 N–H and O–H groups in total. The molecule has 0 aliphatic heterocycles. The Kier molecular flexibility index (Phi) is 4.71. The van der Waals surface area contributed by atoms with Gasteiger partial charge in [-0.1, -0.05) is 33.6 Å². The first-order valence-electron chi connectivity index (χ1n) is 7.86. The number of hydrogen-bond acceptors (Lipinski definition) is 2. The zero-order valence-corrected chi connectivity index (χ0v) is 12.7. The summed E-state index contributed by atoms with van der Waals surface area (Å²) in [6.07, 6.45) is 10.1.